The monoisotopic (exact) mass is 368 g/mol. The van der Waals surface area contributed by atoms with Crippen molar-refractivity contribution >= 4 is 23.0 Å². The molecular weight excluding hydrogens is 340 g/mol. The van der Waals surface area contributed by atoms with Crippen LogP contribution in [0.1, 0.15) is 39.5 Å². The molecule has 0 spiro atoms. The summed E-state index contributed by atoms with van der Waals surface area (Å²) in [4.78, 5) is 4.75. The second-order valence-electron chi connectivity index (χ2n) is 6.79. The lowest BCUT2D eigenvalue weighted by atomic mass is 9.88. The molecule has 138 valence electrons. The minimum atomic E-state index is 0.307. The number of halogens is 1. The minimum Gasteiger partial charge on any atom is -0.363 e. The lowest BCUT2D eigenvalue weighted by Gasteiger charge is -2.39. The van der Waals surface area contributed by atoms with E-state index in [-0.39, 0.29) is 0 Å². The van der Waals surface area contributed by atoms with E-state index in [1.54, 1.807) is 0 Å². The predicted molar refractivity (Wildman–Crippen MR) is 113 cm³/mol. The molecule has 1 saturated carbocycles. The maximum Gasteiger partial charge on any atom is 0.106 e. The van der Waals surface area contributed by atoms with Gasteiger partial charge in [-0.2, -0.15) is 0 Å². The van der Waals surface area contributed by atoms with Crippen LogP contribution in [0.2, 0.25) is 0 Å². The topological polar surface area (TPSA) is 6.48 Å². The Morgan fingerprint density at radius 1 is 0.885 bits per heavy atom. The molecule has 0 bridgehead atoms. The van der Waals surface area contributed by atoms with Gasteiger partial charge in [-0.3, -0.25) is 0 Å². The molecule has 3 heteroatoms. The van der Waals surface area contributed by atoms with E-state index < -0.39 is 0 Å². The Balaban J connectivity index is 2.08. The molecule has 0 saturated heterocycles. The third kappa shape index (κ3) is 4.07. The standard InChI is InChI=1S/C23H29ClN2/c1-3-25(4-2)23(24)21-17-11-12-18-22(21)26(19-13-7-5-8-14-19)20-15-9-6-10-16-20/h5-10,13-16,22H,3-4,11-12,17-18H2,1-2H3/b23-21+. The smallest absolute Gasteiger partial charge is 0.106 e. The van der Waals surface area contributed by atoms with Crippen molar-refractivity contribution in [1.82, 2.24) is 4.90 Å². The molecule has 26 heavy (non-hydrogen) atoms. The van der Waals surface area contributed by atoms with Gasteiger partial charge in [0.2, 0.25) is 0 Å². The van der Waals surface area contributed by atoms with Crippen molar-refractivity contribution in [2.45, 2.75) is 45.6 Å². The molecule has 3 rings (SSSR count). The number of anilines is 2. The van der Waals surface area contributed by atoms with Crippen molar-refractivity contribution in [1.29, 1.82) is 0 Å². The summed E-state index contributed by atoms with van der Waals surface area (Å²) in [5, 5.41) is 0.955. The molecule has 0 radical (unpaired) electrons. The van der Waals surface area contributed by atoms with Crippen LogP contribution in [-0.2, 0) is 0 Å². The van der Waals surface area contributed by atoms with Crippen LogP contribution in [0.25, 0.3) is 0 Å². The summed E-state index contributed by atoms with van der Waals surface area (Å²) >= 11 is 6.92. The summed E-state index contributed by atoms with van der Waals surface area (Å²) in [7, 11) is 0. The van der Waals surface area contributed by atoms with Gasteiger partial charge in [-0.15, -0.1) is 0 Å². The van der Waals surface area contributed by atoms with E-state index >= 15 is 0 Å². The number of para-hydroxylation sites is 2. The Hall–Kier alpha value is -1.93. The highest BCUT2D eigenvalue weighted by Gasteiger charge is 2.29. The van der Waals surface area contributed by atoms with E-state index in [1.165, 1.54) is 29.8 Å². The molecule has 0 N–H and O–H groups in total. The third-order valence-electron chi connectivity index (χ3n) is 5.26. The average molecular weight is 369 g/mol. The Kier molecular flexibility index (Phi) is 6.62. The Bertz CT molecular complexity index is 668. The number of benzene rings is 2. The summed E-state index contributed by atoms with van der Waals surface area (Å²) in [6.45, 7) is 6.25. The van der Waals surface area contributed by atoms with Gasteiger partial charge in [0, 0.05) is 24.5 Å². The molecule has 2 aromatic carbocycles. The van der Waals surface area contributed by atoms with Crippen molar-refractivity contribution in [3.05, 3.63) is 71.4 Å². The highest BCUT2D eigenvalue weighted by atomic mass is 35.5. The normalized spacial score (nSPS) is 19.1. The van der Waals surface area contributed by atoms with Crippen LogP contribution in [0, 0.1) is 0 Å². The quantitative estimate of drug-likeness (QED) is 0.532. The molecule has 1 aliphatic rings. The van der Waals surface area contributed by atoms with Crippen molar-refractivity contribution in [2.24, 2.45) is 0 Å². The van der Waals surface area contributed by atoms with Gasteiger partial charge in [-0.25, -0.2) is 0 Å². The van der Waals surface area contributed by atoms with Crippen molar-refractivity contribution in [3.8, 4) is 0 Å². The second-order valence-corrected chi connectivity index (χ2v) is 7.15. The molecule has 1 aliphatic carbocycles. The van der Waals surface area contributed by atoms with Crippen LogP contribution in [0.15, 0.2) is 71.4 Å². The van der Waals surface area contributed by atoms with Crippen LogP contribution in [-0.4, -0.2) is 24.0 Å². The Morgan fingerprint density at radius 2 is 1.42 bits per heavy atom. The zero-order chi connectivity index (χ0) is 18.4. The lowest BCUT2D eigenvalue weighted by molar-refractivity contribution is 0.390. The van der Waals surface area contributed by atoms with Gasteiger partial charge in [0.15, 0.2) is 0 Å². The van der Waals surface area contributed by atoms with Gasteiger partial charge >= 0.3 is 0 Å². The average Bonchev–Trinajstić information content (AvgIpc) is 2.71. The molecule has 0 aromatic heterocycles. The lowest BCUT2D eigenvalue weighted by Crippen LogP contribution is -2.37. The number of nitrogens with zero attached hydrogens (tertiary/aromatic N) is 2. The number of rotatable bonds is 6. The van der Waals surface area contributed by atoms with Gasteiger partial charge in [-0.1, -0.05) is 54.4 Å². The summed E-state index contributed by atoms with van der Waals surface area (Å²) in [5.41, 5.74) is 3.84. The van der Waals surface area contributed by atoms with Gasteiger partial charge < -0.3 is 9.80 Å². The molecule has 1 atom stereocenters. The Morgan fingerprint density at radius 3 is 1.92 bits per heavy atom. The molecule has 0 amide bonds. The van der Waals surface area contributed by atoms with E-state index in [4.69, 9.17) is 11.6 Å². The molecule has 2 nitrogen and oxygen atoms in total. The van der Waals surface area contributed by atoms with Gasteiger partial charge in [0.25, 0.3) is 0 Å². The molecule has 1 unspecified atom stereocenters. The van der Waals surface area contributed by atoms with E-state index in [9.17, 15) is 0 Å². The molecule has 0 heterocycles. The van der Waals surface area contributed by atoms with Crippen LogP contribution in [0.3, 0.4) is 0 Å². The van der Waals surface area contributed by atoms with Crippen LogP contribution in [0.5, 0.6) is 0 Å². The zero-order valence-corrected chi connectivity index (χ0v) is 16.6. The SMILES string of the molecule is CCN(CC)/C(Cl)=C1\CCCCC1N(c1ccccc1)c1ccccc1. The fraction of sp³-hybridized carbons (Fsp3) is 0.391. The highest BCUT2D eigenvalue weighted by molar-refractivity contribution is 6.29. The van der Waals surface area contributed by atoms with Crippen molar-refractivity contribution in [2.75, 3.05) is 18.0 Å². The maximum atomic E-state index is 6.92. The van der Waals surface area contributed by atoms with E-state index in [0.717, 1.165) is 31.1 Å². The second kappa shape index (κ2) is 9.14. The first-order valence-corrected chi connectivity index (χ1v) is 10.2. The summed E-state index contributed by atoms with van der Waals surface area (Å²) < 4.78 is 0. The van der Waals surface area contributed by atoms with E-state index in [0.29, 0.717) is 6.04 Å². The first-order valence-electron chi connectivity index (χ1n) is 9.79. The highest BCUT2D eigenvalue weighted by Crippen LogP contribution is 2.39. The fourth-order valence-corrected chi connectivity index (χ4v) is 4.37. The molecule has 0 aliphatic heterocycles. The fourth-order valence-electron chi connectivity index (χ4n) is 3.91. The van der Waals surface area contributed by atoms with E-state index in [2.05, 4.69) is 84.3 Å². The Labute approximate surface area is 163 Å². The molecular formula is C23H29ClN2. The van der Waals surface area contributed by atoms with Crippen LogP contribution >= 0.6 is 11.6 Å². The largest absolute Gasteiger partial charge is 0.363 e. The molecule has 1 fully saturated rings. The molecule has 2 aromatic rings. The van der Waals surface area contributed by atoms with Gasteiger partial charge in [0.05, 0.1) is 6.04 Å². The number of hydrogen-bond donors (Lipinski definition) is 0. The minimum absolute atomic E-state index is 0.307. The summed E-state index contributed by atoms with van der Waals surface area (Å²) in [5.74, 6) is 0. The van der Waals surface area contributed by atoms with Crippen molar-refractivity contribution in [3.63, 3.8) is 0 Å². The first-order chi connectivity index (χ1) is 12.8. The van der Waals surface area contributed by atoms with Crippen LogP contribution in [0.4, 0.5) is 11.4 Å². The zero-order valence-electron chi connectivity index (χ0n) is 15.9. The van der Waals surface area contributed by atoms with Crippen LogP contribution < -0.4 is 4.90 Å². The van der Waals surface area contributed by atoms with E-state index in [1.807, 2.05) is 0 Å². The number of hydrogen-bond acceptors (Lipinski definition) is 2. The maximum absolute atomic E-state index is 6.92. The van der Waals surface area contributed by atoms with Gasteiger partial charge in [-0.05, 0) is 62.9 Å². The summed E-state index contributed by atoms with van der Waals surface area (Å²) in [6.07, 6.45) is 4.68. The predicted octanol–water partition coefficient (Wildman–Crippen LogP) is 6.56. The first kappa shape index (κ1) is 18.8. The van der Waals surface area contributed by atoms with Crippen molar-refractivity contribution < 1.29 is 0 Å². The summed E-state index contributed by atoms with van der Waals surface area (Å²) in [6, 6.07) is 21.7. The van der Waals surface area contributed by atoms with Gasteiger partial charge in [0.1, 0.15) is 5.16 Å². The third-order valence-corrected chi connectivity index (χ3v) is 5.74.